The summed E-state index contributed by atoms with van der Waals surface area (Å²) in [5, 5.41) is 19.7. The van der Waals surface area contributed by atoms with Gasteiger partial charge in [0.2, 0.25) is 0 Å². The monoisotopic (exact) mass is 389 g/mol. The highest BCUT2D eigenvalue weighted by Gasteiger charge is 2.18. The molecule has 1 atom stereocenters. The fraction of sp³-hybridized carbons (Fsp3) is 0.267. The fourth-order valence-electron chi connectivity index (χ4n) is 2.60. The number of hydrogen-bond acceptors (Lipinski definition) is 10. The van der Waals surface area contributed by atoms with Crippen molar-refractivity contribution in [2.24, 2.45) is 0 Å². The number of anilines is 1. The van der Waals surface area contributed by atoms with E-state index in [1.807, 2.05) is 18.2 Å². The molecule has 26 heavy (non-hydrogen) atoms. The summed E-state index contributed by atoms with van der Waals surface area (Å²) < 4.78 is 10.3. The molecule has 3 aromatic heterocycles. The topological polar surface area (TPSA) is 136 Å². The van der Waals surface area contributed by atoms with Gasteiger partial charge in [-0.1, -0.05) is 23.9 Å². The molecule has 0 fully saturated rings. The lowest BCUT2D eigenvalue weighted by molar-refractivity contribution is 0.0801. The zero-order valence-electron chi connectivity index (χ0n) is 13.5. The summed E-state index contributed by atoms with van der Waals surface area (Å²) in [6.45, 7) is -0.192. The van der Waals surface area contributed by atoms with Gasteiger partial charge in [-0.25, -0.2) is 15.0 Å². The number of nitrogen functional groups attached to an aromatic ring is 1. The molecule has 0 spiro atoms. The number of thioether (sulfide) groups is 1. The Bertz CT molecular complexity index is 1060. The van der Waals surface area contributed by atoms with Crippen molar-refractivity contribution >= 4 is 51.5 Å². The number of fused-ring (bicyclic) bond motifs is 2. The van der Waals surface area contributed by atoms with Crippen LogP contribution in [0.1, 0.15) is 5.56 Å². The Balaban J connectivity index is 1.70. The number of aliphatic hydroxyl groups is 2. The summed E-state index contributed by atoms with van der Waals surface area (Å²) >= 11 is 2.66. The Labute approximate surface area is 156 Å². The lowest BCUT2D eigenvalue weighted by Gasteiger charge is -2.11. The van der Waals surface area contributed by atoms with Gasteiger partial charge in [-0.15, -0.1) is 0 Å². The van der Waals surface area contributed by atoms with Crippen LogP contribution in [0.3, 0.4) is 0 Å². The molecule has 0 aliphatic heterocycles. The molecule has 4 aromatic rings. The number of benzene rings is 1. The zero-order valence-corrected chi connectivity index (χ0v) is 15.1. The molecular weight excluding hydrogens is 374 g/mol. The highest BCUT2D eigenvalue weighted by atomic mass is 32.2. The minimum Gasteiger partial charge on any atom is -0.394 e. The van der Waals surface area contributed by atoms with Crippen LogP contribution >= 0.6 is 23.5 Å². The second-order valence-electron chi connectivity index (χ2n) is 5.61. The van der Waals surface area contributed by atoms with Gasteiger partial charge in [0.15, 0.2) is 22.1 Å². The summed E-state index contributed by atoms with van der Waals surface area (Å²) in [7, 11) is 0. The zero-order chi connectivity index (χ0) is 18.1. The van der Waals surface area contributed by atoms with Gasteiger partial charge in [0, 0.05) is 5.75 Å². The lowest BCUT2D eigenvalue weighted by atomic mass is 10.2. The number of hydrogen-bond donors (Lipinski definition) is 3. The summed E-state index contributed by atoms with van der Waals surface area (Å²) in [5.41, 5.74) is 9.70. The van der Waals surface area contributed by atoms with Gasteiger partial charge >= 0.3 is 0 Å². The van der Waals surface area contributed by atoms with Crippen molar-refractivity contribution in [1.82, 2.24) is 28.3 Å². The first-order valence-corrected chi connectivity index (χ1v) is 9.47. The molecule has 0 radical (unpaired) electrons. The number of imidazole rings is 1. The van der Waals surface area contributed by atoms with Crippen molar-refractivity contribution in [3.8, 4) is 0 Å². The van der Waals surface area contributed by atoms with Crippen molar-refractivity contribution in [1.29, 1.82) is 0 Å². The molecule has 3 heterocycles. The first-order chi connectivity index (χ1) is 12.7. The van der Waals surface area contributed by atoms with E-state index in [4.69, 9.17) is 5.73 Å². The number of nitrogens with zero attached hydrogens (tertiary/aromatic N) is 6. The van der Waals surface area contributed by atoms with Crippen molar-refractivity contribution in [3.63, 3.8) is 0 Å². The molecule has 0 aliphatic carbocycles. The molecular formula is C15H15N7O2S2. The molecule has 0 saturated heterocycles. The maximum Gasteiger partial charge on any atom is 0.170 e. The van der Waals surface area contributed by atoms with Gasteiger partial charge in [-0.2, -0.15) is 8.75 Å². The van der Waals surface area contributed by atoms with Gasteiger partial charge < -0.3 is 20.5 Å². The largest absolute Gasteiger partial charge is 0.394 e. The van der Waals surface area contributed by atoms with E-state index in [-0.39, 0.29) is 19.0 Å². The second-order valence-corrected chi connectivity index (χ2v) is 7.08. The third-order valence-corrected chi connectivity index (χ3v) is 5.42. The average molecular weight is 389 g/mol. The van der Waals surface area contributed by atoms with E-state index in [2.05, 4.69) is 23.7 Å². The van der Waals surface area contributed by atoms with E-state index in [1.165, 1.54) is 29.8 Å². The van der Waals surface area contributed by atoms with Crippen LogP contribution < -0.4 is 5.73 Å². The second kappa shape index (κ2) is 7.11. The summed E-state index contributed by atoms with van der Waals surface area (Å²) in [5.74, 6) is 0.897. The van der Waals surface area contributed by atoms with E-state index in [0.717, 1.165) is 16.6 Å². The quantitative estimate of drug-likeness (QED) is 0.413. The molecule has 4 rings (SSSR count). The van der Waals surface area contributed by atoms with E-state index in [0.29, 0.717) is 22.1 Å². The van der Waals surface area contributed by atoms with Crippen LogP contribution in [0.2, 0.25) is 0 Å². The van der Waals surface area contributed by atoms with E-state index >= 15 is 0 Å². The number of nitrogens with two attached hydrogens (primary N) is 1. The van der Waals surface area contributed by atoms with E-state index in [1.54, 1.807) is 4.57 Å². The smallest absolute Gasteiger partial charge is 0.170 e. The highest BCUT2D eigenvalue weighted by Crippen LogP contribution is 2.29. The Morgan fingerprint density at radius 2 is 2.12 bits per heavy atom. The van der Waals surface area contributed by atoms with Crippen LogP contribution in [-0.2, 0) is 12.3 Å². The van der Waals surface area contributed by atoms with Gasteiger partial charge in [-0.05, 0) is 11.6 Å². The molecule has 4 N–H and O–H groups in total. The Kier molecular flexibility index (Phi) is 4.68. The predicted molar refractivity (Wildman–Crippen MR) is 99.8 cm³/mol. The molecule has 0 unspecified atom stereocenters. The van der Waals surface area contributed by atoms with Crippen LogP contribution in [0.5, 0.6) is 0 Å². The summed E-state index contributed by atoms with van der Waals surface area (Å²) in [6.07, 6.45) is 0.436. The molecule has 0 aliphatic rings. The van der Waals surface area contributed by atoms with Crippen molar-refractivity contribution in [2.45, 2.75) is 23.6 Å². The Morgan fingerprint density at radius 3 is 2.96 bits per heavy atom. The molecule has 0 bridgehead atoms. The molecule has 9 nitrogen and oxygen atoms in total. The van der Waals surface area contributed by atoms with Gasteiger partial charge in [-0.3, -0.25) is 0 Å². The van der Waals surface area contributed by atoms with Crippen molar-refractivity contribution in [3.05, 3.63) is 30.1 Å². The molecule has 1 aromatic carbocycles. The normalized spacial score (nSPS) is 12.8. The summed E-state index contributed by atoms with van der Waals surface area (Å²) in [4.78, 5) is 12.7. The van der Waals surface area contributed by atoms with Gasteiger partial charge in [0.1, 0.15) is 17.4 Å². The number of aromatic nitrogens is 6. The Hall–Kier alpha value is -2.34. The minimum absolute atomic E-state index is 0.161. The fourth-order valence-corrected chi connectivity index (χ4v) is 4.16. The maximum atomic E-state index is 9.88. The standard InChI is InChI=1S/C15H15N7O2S2/c16-13-12-14(18-7-17-13)22(4-9(24)5-23)15(19-12)25-6-8-2-1-3-10-11(8)21-26-20-10/h1-3,7,9,23-24H,4-6H2,(H2,16,17,18)/t9-/m1/s1. The van der Waals surface area contributed by atoms with Crippen molar-refractivity contribution in [2.75, 3.05) is 12.3 Å². The summed E-state index contributed by atoms with van der Waals surface area (Å²) in [6, 6.07) is 5.87. The molecule has 134 valence electrons. The predicted octanol–water partition coefficient (Wildman–Crippen LogP) is 1.06. The van der Waals surface area contributed by atoms with E-state index < -0.39 is 6.10 Å². The minimum atomic E-state index is -0.922. The van der Waals surface area contributed by atoms with Crippen LogP contribution in [0, 0.1) is 0 Å². The Morgan fingerprint density at radius 1 is 1.23 bits per heavy atom. The third-order valence-electron chi connectivity index (χ3n) is 3.86. The average Bonchev–Trinajstić information content (AvgIpc) is 3.26. The van der Waals surface area contributed by atoms with Crippen LogP contribution in [0.4, 0.5) is 5.82 Å². The maximum absolute atomic E-state index is 9.88. The van der Waals surface area contributed by atoms with Crippen molar-refractivity contribution < 1.29 is 10.2 Å². The van der Waals surface area contributed by atoms with Crippen LogP contribution in [0.15, 0.2) is 29.7 Å². The molecule has 0 amide bonds. The number of rotatable bonds is 6. The van der Waals surface area contributed by atoms with Gasteiger partial charge in [0.25, 0.3) is 0 Å². The van der Waals surface area contributed by atoms with Crippen LogP contribution in [0.25, 0.3) is 22.2 Å². The SMILES string of the molecule is Nc1ncnc2c1nc(SCc1cccc3nsnc13)n2C[C@@H](O)CO. The lowest BCUT2D eigenvalue weighted by Crippen LogP contribution is -2.20. The number of aliphatic hydroxyl groups excluding tert-OH is 2. The third kappa shape index (κ3) is 3.09. The first kappa shape index (κ1) is 17.1. The van der Waals surface area contributed by atoms with E-state index in [9.17, 15) is 10.2 Å². The van der Waals surface area contributed by atoms with Gasteiger partial charge in [0.05, 0.1) is 31.0 Å². The molecule has 0 saturated carbocycles. The first-order valence-electron chi connectivity index (χ1n) is 7.76. The van der Waals surface area contributed by atoms with Crippen LogP contribution in [-0.4, -0.2) is 51.2 Å². The molecule has 11 heteroatoms. The highest BCUT2D eigenvalue weighted by molar-refractivity contribution is 7.98.